The summed E-state index contributed by atoms with van der Waals surface area (Å²) in [6.07, 6.45) is 10.3. The average molecular weight is 514 g/mol. The normalized spacial score (nSPS) is 22.5. The molecule has 1 aromatic heterocycles. The number of hydrogen-bond acceptors (Lipinski definition) is 3. The lowest BCUT2D eigenvalue weighted by molar-refractivity contribution is 0.0304. The van der Waals surface area contributed by atoms with Gasteiger partial charge in [-0.05, 0) is 80.5 Å². The molecule has 0 unspecified atom stereocenters. The molecule has 6 heteroatoms. The van der Waals surface area contributed by atoms with Gasteiger partial charge in [0.15, 0.2) is 0 Å². The number of carbonyl (C=O) groups excluding carboxylic acids is 2. The number of ether oxygens (including phenoxy) is 1. The Morgan fingerprint density at radius 2 is 1.45 bits per heavy atom. The molecular weight excluding hydrogens is 474 g/mol. The largest absolute Gasteiger partial charge is 0.378 e. The second-order valence-electron chi connectivity index (χ2n) is 11.3. The number of likely N-dealkylation sites (tertiary alicyclic amines) is 1. The summed E-state index contributed by atoms with van der Waals surface area (Å²) < 4.78 is 7.76. The van der Waals surface area contributed by atoms with Gasteiger partial charge in [0.2, 0.25) is 0 Å². The first-order valence-corrected chi connectivity index (χ1v) is 14.5. The van der Waals surface area contributed by atoms with Gasteiger partial charge >= 0.3 is 0 Å². The Morgan fingerprint density at radius 1 is 0.763 bits per heavy atom. The maximum Gasteiger partial charge on any atom is 0.256 e. The number of benzene rings is 2. The molecule has 3 aliphatic rings. The van der Waals surface area contributed by atoms with Crippen LogP contribution in [-0.4, -0.2) is 65.6 Å². The van der Waals surface area contributed by atoms with Gasteiger partial charge in [-0.3, -0.25) is 9.59 Å². The summed E-state index contributed by atoms with van der Waals surface area (Å²) in [4.78, 5) is 30.1. The Balaban J connectivity index is 1.09. The van der Waals surface area contributed by atoms with Crippen LogP contribution in [0.3, 0.4) is 0 Å². The molecule has 2 amide bonds. The SMILES string of the molecule is O=C(c1ccc(C2CCC(Cn3cc(C(=O)N4CCOCC4)c4ccccc43)CC2)cc1)N1CCCCC1. The molecule has 200 valence electrons. The van der Waals surface area contributed by atoms with E-state index in [-0.39, 0.29) is 11.8 Å². The van der Waals surface area contributed by atoms with E-state index >= 15 is 0 Å². The number of nitrogens with zero attached hydrogens (tertiary/aromatic N) is 3. The van der Waals surface area contributed by atoms with Crippen molar-refractivity contribution in [2.75, 3.05) is 39.4 Å². The van der Waals surface area contributed by atoms with Crippen LogP contribution in [-0.2, 0) is 11.3 Å². The molecule has 2 saturated heterocycles. The highest BCUT2D eigenvalue weighted by atomic mass is 16.5. The number of aromatic nitrogens is 1. The minimum atomic E-state index is 0.120. The first-order chi connectivity index (χ1) is 18.7. The topological polar surface area (TPSA) is 54.8 Å². The zero-order valence-corrected chi connectivity index (χ0v) is 22.3. The quantitative estimate of drug-likeness (QED) is 0.439. The molecule has 1 saturated carbocycles. The summed E-state index contributed by atoms with van der Waals surface area (Å²) in [5.74, 6) is 1.47. The van der Waals surface area contributed by atoms with Crippen LogP contribution in [0.15, 0.2) is 54.7 Å². The predicted octanol–water partition coefficient (Wildman–Crippen LogP) is 5.71. The van der Waals surface area contributed by atoms with Crippen molar-refractivity contribution < 1.29 is 14.3 Å². The maximum atomic E-state index is 13.3. The molecule has 0 N–H and O–H groups in total. The first-order valence-electron chi connectivity index (χ1n) is 14.5. The van der Waals surface area contributed by atoms with Crippen LogP contribution in [0.2, 0.25) is 0 Å². The number of carbonyl (C=O) groups is 2. The molecule has 2 aliphatic heterocycles. The van der Waals surface area contributed by atoms with Gasteiger partial charge in [0, 0.05) is 55.4 Å². The maximum absolute atomic E-state index is 13.3. The van der Waals surface area contributed by atoms with E-state index in [9.17, 15) is 9.59 Å². The first kappa shape index (κ1) is 25.2. The Kier molecular flexibility index (Phi) is 7.50. The summed E-state index contributed by atoms with van der Waals surface area (Å²) >= 11 is 0. The molecule has 0 atom stereocenters. The number of amides is 2. The Morgan fingerprint density at radius 3 is 2.18 bits per heavy atom. The van der Waals surface area contributed by atoms with E-state index in [0.717, 1.165) is 54.5 Å². The van der Waals surface area contributed by atoms with Crippen molar-refractivity contribution in [2.45, 2.75) is 57.4 Å². The van der Waals surface area contributed by atoms with Crippen LogP contribution in [0.4, 0.5) is 0 Å². The molecule has 3 aromatic rings. The molecule has 0 spiro atoms. The third kappa shape index (κ3) is 5.24. The lowest BCUT2D eigenvalue weighted by Crippen LogP contribution is -2.40. The lowest BCUT2D eigenvalue weighted by Gasteiger charge is -2.30. The van der Waals surface area contributed by atoms with Gasteiger partial charge in [-0.2, -0.15) is 0 Å². The zero-order chi connectivity index (χ0) is 25.9. The predicted molar refractivity (Wildman–Crippen MR) is 150 cm³/mol. The van der Waals surface area contributed by atoms with Crippen LogP contribution in [0.5, 0.6) is 0 Å². The molecule has 3 heterocycles. The Hall–Kier alpha value is -3.12. The molecular formula is C32H39N3O3. The second-order valence-corrected chi connectivity index (χ2v) is 11.3. The van der Waals surface area contributed by atoms with Gasteiger partial charge in [0.05, 0.1) is 18.8 Å². The van der Waals surface area contributed by atoms with Crippen molar-refractivity contribution in [3.63, 3.8) is 0 Å². The average Bonchev–Trinajstić information content (AvgIpc) is 3.36. The number of morpholine rings is 1. The molecule has 38 heavy (non-hydrogen) atoms. The monoisotopic (exact) mass is 513 g/mol. The summed E-state index contributed by atoms with van der Waals surface area (Å²) in [6, 6.07) is 16.8. The minimum Gasteiger partial charge on any atom is -0.378 e. The fourth-order valence-electron chi connectivity index (χ4n) is 6.64. The molecule has 0 bridgehead atoms. The third-order valence-corrected chi connectivity index (χ3v) is 8.89. The van der Waals surface area contributed by atoms with Crippen LogP contribution in [0.25, 0.3) is 10.9 Å². The highest BCUT2D eigenvalue weighted by Gasteiger charge is 2.26. The number of para-hydroxylation sites is 1. The van der Waals surface area contributed by atoms with Crippen LogP contribution in [0, 0.1) is 5.92 Å². The zero-order valence-electron chi connectivity index (χ0n) is 22.3. The van der Waals surface area contributed by atoms with E-state index < -0.39 is 0 Å². The van der Waals surface area contributed by atoms with Gasteiger partial charge in [0.1, 0.15) is 0 Å². The van der Waals surface area contributed by atoms with Gasteiger partial charge in [-0.15, -0.1) is 0 Å². The number of piperidine rings is 1. The fraction of sp³-hybridized carbons (Fsp3) is 0.500. The highest BCUT2D eigenvalue weighted by Crippen LogP contribution is 2.37. The molecule has 0 radical (unpaired) electrons. The van der Waals surface area contributed by atoms with E-state index in [1.165, 1.54) is 37.7 Å². The molecule has 2 aromatic carbocycles. The van der Waals surface area contributed by atoms with Crippen molar-refractivity contribution in [1.82, 2.24) is 14.4 Å². The third-order valence-electron chi connectivity index (χ3n) is 8.89. The molecule has 1 aliphatic carbocycles. The van der Waals surface area contributed by atoms with Crippen molar-refractivity contribution >= 4 is 22.7 Å². The van der Waals surface area contributed by atoms with Crippen LogP contribution in [0.1, 0.15) is 77.1 Å². The fourth-order valence-corrected chi connectivity index (χ4v) is 6.64. The number of rotatable bonds is 5. The standard InChI is InChI=1S/C32H39N3O3/c36-31(33-16-4-1-5-17-33)27-14-12-26(13-15-27)25-10-8-24(9-11-25)22-35-23-29(28-6-2-3-7-30(28)35)32(37)34-18-20-38-21-19-34/h2-3,6-7,12-15,23-25H,1,4-5,8-11,16-22H2. The van der Waals surface area contributed by atoms with E-state index in [1.54, 1.807) is 0 Å². The Labute approximate surface area is 225 Å². The summed E-state index contributed by atoms with van der Waals surface area (Å²) in [5.41, 5.74) is 4.16. The van der Waals surface area contributed by atoms with Crippen molar-refractivity contribution in [3.05, 3.63) is 71.4 Å². The van der Waals surface area contributed by atoms with Crippen molar-refractivity contribution in [1.29, 1.82) is 0 Å². The summed E-state index contributed by atoms with van der Waals surface area (Å²) in [6.45, 7) is 5.29. The second kappa shape index (κ2) is 11.3. The van der Waals surface area contributed by atoms with Gasteiger partial charge in [-0.25, -0.2) is 0 Å². The summed E-state index contributed by atoms with van der Waals surface area (Å²) in [5, 5.41) is 1.05. The van der Waals surface area contributed by atoms with E-state index in [4.69, 9.17) is 4.74 Å². The number of fused-ring (bicyclic) bond motifs is 1. The van der Waals surface area contributed by atoms with Crippen LogP contribution >= 0.6 is 0 Å². The minimum absolute atomic E-state index is 0.120. The van der Waals surface area contributed by atoms with Crippen molar-refractivity contribution in [2.24, 2.45) is 5.92 Å². The number of hydrogen-bond donors (Lipinski definition) is 0. The van der Waals surface area contributed by atoms with E-state index in [0.29, 0.717) is 38.1 Å². The lowest BCUT2D eigenvalue weighted by atomic mass is 9.78. The van der Waals surface area contributed by atoms with Gasteiger partial charge in [-0.1, -0.05) is 30.3 Å². The molecule has 3 fully saturated rings. The smallest absolute Gasteiger partial charge is 0.256 e. The van der Waals surface area contributed by atoms with E-state index in [2.05, 4.69) is 41.1 Å². The Bertz CT molecular complexity index is 1260. The highest BCUT2D eigenvalue weighted by molar-refractivity contribution is 6.07. The molecule has 6 nitrogen and oxygen atoms in total. The molecule has 6 rings (SSSR count). The summed E-state index contributed by atoms with van der Waals surface area (Å²) in [7, 11) is 0. The van der Waals surface area contributed by atoms with Gasteiger partial charge < -0.3 is 19.1 Å². The van der Waals surface area contributed by atoms with E-state index in [1.807, 2.05) is 28.0 Å². The van der Waals surface area contributed by atoms with Gasteiger partial charge in [0.25, 0.3) is 11.8 Å². The van der Waals surface area contributed by atoms with Crippen LogP contribution < -0.4 is 0 Å². The van der Waals surface area contributed by atoms with Crippen molar-refractivity contribution in [3.8, 4) is 0 Å².